The number of piperazine rings is 1. The van der Waals surface area contributed by atoms with Crippen molar-refractivity contribution in [2.45, 2.75) is 38.4 Å². The number of carbonyl (C=O) groups is 2. The van der Waals surface area contributed by atoms with Gasteiger partial charge in [-0.25, -0.2) is 0 Å². The lowest BCUT2D eigenvalue weighted by molar-refractivity contribution is -0.133. The Kier molecular flexibility index (Phi) is 6.55. The van der Waals surface area contributed by atoms with Gasteiger partial charge in [-0.15, -0.1) is 11.3 Å². The number of likely N-dealkylation sites (N-methyl/N-ethyl adjacent to an activating group) is 1. The second-order valence-corrected chi connectivity index (χ2v) is 9.03. The van der Waals surface area contributed by atoms with Crippen LogP contribution in [-0.2, 0) is 16.1 Å². The Morgan fingerprint density at radius 1 is 1.31 bits per heavy atom. The van der Waals surface area contributed by atoms with Crippen LogP contribution in [-0.4, -0.2) is 78.4 Å². The molecular weight excluding hydrogens is 372 g/mol. The van der Waals surface area contributed by atoms with E-state index in [-0.39, 0.29) is 17.9 Å². The minimum Gasteiger partial charge on any atom is -0.352 e. The molecule has 1 atom stereocenters. The van der Waals surface area contributed by atoms with E-state index in [0.717, 1.165) is 48.2 Å². The van der Waals surface area contributed by atoms with Crippen LogP contribution in [0.4, 0.5) is 0 Å². The lowest BCUT2D eigenvalue weighted by Gasteiger charge is -2.37. The number of amides is 2. The maximum absolute atomic E-state index is 12.5. The van der Waals surface area contributed by atoms with E-state index in [1.165, 1.54) is 11.3 Å². The Bertz CT molecular complexity index is 641. The Hall–Kier alpha value is -1.15. The highest BCUT2D eigenvalue weighted by atomic mass is 35.5. The van der Waals surface area contributed by atoms with Gasteiger partial charge in [0.2, 0.25) is 11.8 Å². The number of hydrogen-bond acceptors (Lipinski definition) is 5. The molecule has 3 rings (SSSR count). The third-order valence-electron chi connectivity index (χ3n) is 5.06. The quantitative estimate of drug-likeness (QED) is 0.758. The van der Waals surface area contributed by atoms with E-state index in [2.05, 4.69) is 15.1 Å². The first-order valence-corrected chi connectivity index (χ1v) is 10.4. The lowest BCUT2D eigenvalue weighted by Crippen LogP contribution is -2.55. The van der Waals surface area contributed by atoms with Crippen LogP contribution in [0.5, 0.6) is 0 Å². The van der Waals surface area contributed by atoms with Gasteiger partial charge in [-0.05, 0) is 31.9 Å². The second kappa shape index (κ2) is 8.69. The standard InChI is InChI=1S/C18H27ClN4O2S/c1-13(18(25)20-14-3-4-14)23-9-7-22(8-10-23)12-17(24)21(2)11-15-5-6-16(19)26-15/h5-6,13-14H,3-4,7-12H2,1-2H3,(H,20,25). The summed E-state index contributed by atoms with van der Waals surface area (Å²) >= 11 is 7.45. The number of nitrogens with zero attached hydrogens (tertiary/aromatic N) is 3. The van der Waals surface area contributed by atoms with Crippen molar-refractivity contribution in [1.29, 1.82) is 0 Å². The molecule has 0 radical (unpaired) electrons. The summed E-state index contributed by atoms with van der Waals surface area (Å²) in [6.07, 6.45) is 2.22. The summed E-state index contributed by atoms with van der Waals surface area (Å²) in [6, 6.07) is 4.13. The predicted octanol–water partition coefficient (Wildman–Crippen LogP) is 1.64. The van der Waals surface area contributed by atoms with E-state index < -0.39 is 0 Å². The zero-order chi connectivity index (χ0) is 18.7. The molecule has 1 aromatic heterocycles. The molecule has 0 bridgehead atoms. The second-order valence-electron chi connectivity index (χ2n) is 7.23. The van der Waals surface area contributed by atoms with Crippen LogP contribution in [0, 0.1) is 0 Å². The minimum atomic E-state index is -0.0975. The van der Waals surface area contributed by atoms with E-state index in [9.17, 15) is 9.59 Å². The largest absolute Gasteiger partial charge is 0.352 e. The van der Waals surface area contributed by atoms with Crippen molar-refractivity contribution >= 4 is 34.8 Å². The van der Waals surface area contributed by atoms with E-state index in [1.54, 1.807) is 4.90 Å². The van der Waals surface area contributed by atoms with Crippen molar-refractivity contribution in [3.63, 3.8) is 0 Å². The first-order valence-electron chi connectivity index (χ1n) is 9.17. The van der Waals surface area contributed by atoms with Gasteiger partial charge in [0, 0.05) is 44.1 Å². The summed E-state index contributed by atoms with van der Waals surface area (Å²) < 4.78 is 0.747. The lowest BCUT2D eigenvalue weighted by atomic mass is 10.2. The van der Waals surface area contributed by atoms with Crippen molar-refractivity contribution in [3.05, 3.63) is 21.3 Å². The third-order valence-corrected chi connectivity index (χ3v) is 6.28. The Morgan fingerprint density at radius 3 is 2.58 bits per heavy atom. The molecule has 2 aliphatic rings. The Balaban J connectivity index is 1.39. The van der Waals surface area contributed by atoms with Crippen LogP contribution in [0.25, 0.3) is 0 Å². The van der Waals surface area contributed by atoms with Gasteiger partial charge in [0.05, 0.1) is 23.5 Å². The van der Waals surface area contributed by atoms with Crippen LogP contribution < -0.4 is 5.32 Å². The minimum absolute atomic E-state index is 0.0975. The summed E-state index contributed by atoms with van der Waals surface area (Å²) in [4.78, 5) is 31.8. The average molecular weight is 399 g/mol. The number of halogens is 1. The molecule has 1 aliphatic carbocycles. The smallest absolute Gasteiger partial charge is 0.237 e. The van der Waals surface area contributed by atoms with Crippen LogP contribution in [0.1, 0.15) is 24.6 Å². The van der Waals surface area contributed by atoms with E-state index in [1.807, 2.05) is 26.1 Å². The van der Waals surface area contributed by atoms with Crippen molar-refractivity contribution in [3.8, 4) is 0 Å². The number of thiophene rings is 1. The van der Waals surface area contributed by atoms with Crippen molar-refractivity contribution in [2.75, 3.05) is 39.8 Å². The summed E-state index contributed by atoms with van der Waals surface area (Å²) in [5.74, 6) is 0.244. The molecular formula is C18H27ClN4O2S. The van der Waals surface area contributed by atoms with Crippen LogP contribution in [0.2, 0.25) is 4.34 Å². The topological polar surface area (TPSA) is 55.9 Å². The molecule has 6 nitrogen and oxygen atoms in total. The highest BCUT2D eigenvalue weighted by Crippen LogP contribution is 2.22. The van der Waals surface area contributed by atoms with Gasteiger partial charge >= 0.3 is 0 Å². The summed E-state index contributed by atoms with van der Waals surface area (Å²) in [5, 5.41) is 3.07. The Morgan fingerprint density at radius 2 is 2.00 bits per heavy atom. The molecule has 144 valence electrons. The van der Waals surface area contributed by atoms with Crippen LogP contribution >= 0.6 is 22.9 Å². The van der Waals surface area contributed by atoms with E-state index >= 15 is 0 Å². The van der Waals surface area contributed by atoms with Crippen LogP contribution in [0.15, 0.2) is 12.1 Å². The number of hydrogen-bond donors (Lipinski definition) is 1. The molecule has 0 spiro atoms. The third kappa shape index (κ3) is 5.42. The first kappa shape index (κ1) is 19.6. The molecule has 1 saturated heterocycles. The van der Waals surface area contributed by atoms with Gasteiger partial charge < -0.3 is 10.2 Å². The fourth-order valence-electron chi connectivity index (χ4n) is 3.09. The van der Waals surface area contributed by atoms with Crippen molar-refractivity contribution in [1.82, 2.24) is 20.0 Å². The van der Waals surface area contributed by atoms with E-state index in [0.29, 0.717) is 19.1 Å². The van der Waals surface area contributed by atoms with Gasteiger partial charge in [0.15, 0.2) is 0 Å². The summed E-state index contributed by atoms with van der Waals surface area (Å²) in [5.41, 5.74) is 0. The normalized spacial score (nSPS) is 20.0. The Labute approximate surface area is 164 Å². The maximum Gasteiger partial charge on any atom is 0.237 e. The molecule has 1 aliphatic heterocycles. The molecule has 1 N–H and O–H groups in total. The van der Waals surface area contributed by atoms with Crippen molar-refractivity contribution in [2.24, 2.45) is 0 Å². The molecule has 2 heterocycles. The molecule has 8 heteroatoms. The van der Waals surface area contributed by atoms with Gasteiger partial charge in [-0.1, -0.05) is 11.6 Å². The SMILES string of the molecule is CC(C(=O)NC1CC1)N1CCN(CC(=O)N(C)Cc2ccc(Cl)s2)CC1. The fourth-order valence-corrected chi connectivity index (χ4v) is 4.24. The van der Waals surface area contributed by atoms with E-state index in [4.69, 9.17) is 11.6 Å². The summed E-state index contributed by atoms with van der Waals surface area (Å²) in [7, 11) is 1.83. The number of carbonyl (C=O) groups excluding carboxylic acids is 2. The number of nitrogens with one attached hydrogen (secondary N) is 1. The van der Waals surface area contributed by atoms with Gasteiger partial charge in [-0.3, -0.25) is 19.4 Å². The zero-order valence-corrected chi connectivity index (χ0v) is 17.0. The molecule has 26 heavy (non-hydrogen) atoms. The predicted molar refractivity (Wildman–Crippen MR) is 104 cm³/mol. The first-order chi connectivity index (χ1) is 12.4. The fraction of sp³-hybridized carbons (Fsp3) is 0.667. The molecule has 1 unspecified atom stereocenters. The van der Waals surface area contributed by atoms with Crippen molar-refractivity contribution < 1.29 is 9.59 Å². The molecule has 1 aromatic rings. The highest BCUT2D eigenvalue weighted by molar-refractivity contribution is 7.16. The molecule has 0 aromatic carbocycles. The van der Waals surface area contributed by atoms with Crippen LogP contribution in [0.3, 0.4) is 0 Å². The summed E-state index contributed by atoms with van der Waals surface area (Å²) in [6.45, 7) is 6.24. The maximum atomic E-state index is 12.5. The number of rotatable bonds is 7. The van der Waals surface area contributed by atoms with Gasteiger partial charge in [-0.2, -0.15) is 0 Å². The molecule has 2 amide bonds. The van der Waals surface area contributed by atoms with Gasteiger partial charge in [0.1, 0.15) is 0 Å². The zero-order valence-electron chi connectivity index (χ0n) is 15.4. The highest BCUT2D eigenvalue weighted by Gasteiger charge is 2.30. The average Bonchev–Trinajstić information content (AvgIpc) is 3.34. The molecule has 1 saturated carbocycles. The monoisotopic (exact) mass is 398 g/mol. The van der Waals surface area contributed by atoms with Gasteiger partial charge in [0.25, 0.3) is 0 Å². The molecule has 2 fully saturated rings.